The van der Waals surface area contributed by atoms with E-state index >= 15 is 0 Å². The highest BCUT2D eigenvalue weighted by atomic mass is 15.0. The molecule has 3 heteroatoms. The minimum atomic E-state index is -0.303. The Kier molecular flexibility index (Phi) is 4.86. The van der Waals surface area contributed by atoms with Gasteiger partial charge in [-0.25, -0.2) is 0 Å². The third kappa shape index (κ3) is 2.90. The zero-order valence-electron chi connectivity index (χ0n) is 15.9. The average Bonchev–Trinajstić information content (AvgIpc) is 2.60. The van der Waals surface area contributed by atoms with E-state index in [1.165, 1.54) is 11.1 Å². The minimum absolute atomic E-state index is 0.143. The largest absolute Gasteiger partial charge is 0.304 e. The molecule has 0 aliphatic carbocycles. The standard InChI is InChI=1S/C23H25N3/c1-15(2)17-5-7-20(8-6-17)23(9-10-26-23)21-11-18(13-24)22(16(3)4)19(12-21)14-25/h5-8,11-12,15-16,26H,9-10H2,1-4H3. The number of rotatable bonds is 4. The van der Waals surface area contributed by atoms with Crippen LogP contribution >= 0.6 is 0 Å². The van der Waals surface area contributed by atoms with E-state index in [0.29, 0.717) is 17.0 Å². The molecule has 0 saturated carbocycles. The molecule has 0 bridgehead atoms. The first-order chi connectivity index (χ1) is 12.4. The summed E-state index contributed by atoms with van der Waals surface area (Å²) in [5.41, 5.74) is 5.29. The van der Waals surface area contributed by atoms with E-state index in [0.717, 1.165) is 24.1 Å². The SMILES string of the molecule is CC(C)c1ccc(C2(c3cc(C#N)c(C(C)C)c(C#N)c3)CCN2)cc1. The van der Waals surface area contributed by atoms with Gasteiger partial charge >= 0.3 is 0 Å². The van der Waals surface area contributed by atoms with Crippen LogP contribution < -0.4 is 5.32 Å². The molecular weight excluding hydrogens is 318 g/mol. The van der Waals surface area contributed by atoms with E-state index in [1.54, 1.807) is 0 Å². The molecule has 132 valence electrons. The minimum Gasteiger partial charge on any atom is -0.304 e. The second-order valence-corrected chi connectivity index (χ2v) is 7.72. The summed E-state index contributed by atoms with van der Waals surface area (Å²) in [4.78, 5) is 0. The van der Waals surface area contributed by atoms with Crippen molar-refractivity contribution >= 4 is 0 Å². The Balaban J connectivity index is 2.14. The molecule has 2 aromatic rings. The third-order valence-electron chi connectivity index (χ3n) is 5.49. The summed E-state index contributed by atoms with van der Waals surface area (Å²) in [5, 5.41) is 22.9. The molecule has 26 heavy (non-hydrogen) atoms. The van der Waals surface area contributed by atoms with Crippen LogP contribution in [0.1, 0.15) is 79.3 Å². The Morgan fingerprint density at radius 1 is 0.885 bits per heavy atom. The third-order valence-corrected chi connectivity index (χ3v) is 5.49. The van der Waals surface area contributed by atoms with Gasteiger partial charge in [-0.05, 0) is 59.2 Å². The number of hydrogen-bond acceptors (Lipinski definition) is 3. The lowest BCUT2D eigenvalue weighted by molar-refractivity contribution is 0.265. The summed E-state index contributed by atoms with van der Waals surface area (Å²) in [5.74, 6) is 0.638. The van der Waals surface area contributed by atoms with Gasteiger partial charge in [-0.2, -0.15) is 10.5 Å². The van der Waals surface area contributed by atoms with Gasteiger partial charge in [0.25, 0.3) is 0 Å². The Labute approximate surface area is 156 Å². The Hall–Kier alpha value is -2.62. The summed E-state index contributed by atoms with van der Waals surface area (Å²) >= 11 is 0. The van der Waals surface area contributed by atoms with Crippen LogP contribution in [-0.4, -0.2) is 6.54 Å². The predicted octanol–water partition coefficient (Wildman–Crippen LogP) is 4.91. The lowest BCUT2D eigenvalue weighted by Crippen LogP contribution is -2.55. The first-order valence-electron chi connectivity index (χ1n) is 9.27. The predicted molar refractivity (Wildman–Crippen MR) is 104 cm³/mol. The maximum Gasteiger partial charge on any atom is 0.0995 e. The number of nitrogens with zero attached hydrogens (tertiary/aromatic N) is 2. The van der Waals surface area contributed by atoms with Crippen molar-refractivity contribution in [3.8, 4) is 12.1 Å². The second kappa shape index (κ2) is 6.94. The number of nitrogens with one attached hydrogen (secondary N) is 1. The van der Waals surface area contributed by atoms with Crippen LogP contribution in [0.4, 0.5) is 0 Å². The van der Waals surface area contributed by atoms with Gasteiger partial charge in [-0.1, -0.05) is 52.0 Å². The van der Waals surface area contributed by atoms with Crippen LogP contribution in [0.5, 0.6) is 0 Å². The number of benzene rings is 2. The van der Waals surface area contributed by atoms with Crippen LogP contribution in [0.2, 0.25) is 0 Å². The van der Waals surface area contributed by atoms with Crippen molar-refractivity contribution in [3.05, 3.63) is 69.8 Å². The van der Waals surface area contributed by atoms with Crippen molar-refractivity contribution in [2.24, 2.45) is 0 Å². The fourth-order valence-corrected chi connectivity index (χ4v) is 3.89. The Morgan fingerprint density at radius 2 is 1.42 bits per heavy atom. The molecule has 0 radical (unpaired) electrons. The normalized spacial score (nSPS) is 19.1. The van der Waals surface area contributed by atoms with Crippen molar-refractivity contribution in [1.82, 2.24) is 5.32 Å². The van der Waals surface area contributed by atoms with Gasteiger partial charge in [0.05, 0.1) is 28.8 Å². The molecule has 1 N–H and O–H groups in total. The molecule has 1 saturated heterocycles. The summed E-state index contributed by atoms with van der Waals surface area (Å²) in [6.07, 6.45) is 0.963. The van der Waals surface area contributed by atoms with E-state index in [1.807, 2.05) is 26.0 Å². The molecule has 3 nitrogen and oxygen atoms in total. The van der Waals surface area contributed by atoms with E-state index in [4.69, 9.17) is 0 Å². The molecule has 0 aromatic heterocycles. The van der Waals surface area contributed by atoms with E-state index in [-0.39, 0.29) is 11.5 Å². The van der Waals surface area contributed by atoms with Gasteiger partial charge in [0.2, 0.25) is 0 Å². The zero-order valence-corrected chi connectivity index (χ0v) is 15.9. The quantitative estimate of drug-likeness (QED) is 0.857. The topological polar surface area (TPSA) is 59.6 Å². The van der Waals surface area contributed by atoms with E-state index in [2.05, 4.69) is 55.6 Å². The van der Waals surface area contributed by atoms with Crippen molar-refractivity contribution in [2.75, 3.05) is 6.54 Å². The lowest BCUT2D eigenvalue weighted by Gasteiger charge is -2.45. The highest BCUT2D eigenvalue weighted by Gasteiger charge is 2.40. The van der Waals surface area contributed by atoms with Crippen LogP contribution in [0, 0.1) is 22.7 Å². The summed E-state index contributed by atoms with van der Waals surface area (Å²) in [7, 11) is 0. The van der Waals surface area contributed by atoms with Gasteiger partial charge in [0, 0.05) is 0 Å². The van der Waals surface area contributed by atoms with Crippen LogP contribution in [0.3, 0.4) is 0 Å². The summed E-state index contributed by atoms with van der Waals surface area (Å²) in [6.45, 7) is 9.36. The van der Waals surface area contributed by atoms with Gasteiger partial charge in [-0.15, -0.1) is 0 Å². The Morgan fingerprint density at radius 3 is 1.77 bits per heavy atom. The molecule has 0 amide bonds. The molecule has 1 aliphatic rings. The van der Waals surface area contributed by atoms with Crippen molar-refractivity contribution in [3.63, 3.8) is 0 Å². The molecule has 1 fully saturated rings. The van der Waals surface area contributed by atoms with E-state index in [9.17, 15) is 10.5 Å². The summed E-state index contributed by atoms with van der Waals surface area (Å²) < 4.78 is 0. The fourth-order valence-electron chi connectivity index (χ4n) is 3.89. The van der Waals surface area contributed by atoms with Crippen molar-refractivity contribution in [2.45, 2.75) is 51.5 Å². The monoisotopic (exact) mass is 343 g/mol. The Bertz CT molecular complexity index is 854. The zero-order chi connectivity index (χ0) is 18.9. The van der Waals surface area contributed by atoms with Crippen molar-refractivity contribution in [1.29, 1.82) is 10.5 Å². The average molecular weight is 343 g/mol. The van der Waals surface area contributed by atoms with Crippen LogP contribution in [-0.2, 0) is 5.54 Å². The second-order valence-electron chi connectivity index (χ2n) is 7.72. The van der Waals surface area contributed by atoms with Gasteiger partial charge in [-0.3, -0.25) is 0 Å². The summed E-state index contributed by atoms with van der Waals surface area (Å²) in [6, 6.07) is 17.3. The van der Waals surface area contributed by atoms with E-state index < -0.39 is 0 Å². The first kappa shape index (κ1) is 18.2. The molecule has 1 unspecified atom stereocenters. The molecule has 1 heterocycles. The number of hydrogen-bond donors (Lipinski definition) is 1. The maximum atomic E-state index is 9.66. The molecule has 2 aromatic carbocycles. The molecule has 1 aliphatic heterocycles. The van der Waals surface area contributed by atoms with Gasteiger partial charge < -0.3 is 5.32 Å². The van der Waals surface area contributed by atoms with Gasteiger partial charge in [0.15, 0.2) is 0 Å². The number of nitriles is 2. The van der Waals surface area contributed by atoms with Crippen molar-refractivity contribution < 1.29 is 0 Å². The lowest BCUT2D eigenvalue weighted by atomic mass is 9.73. The maximum absolute atomic E-state index is 9.66. The molecule has 3 rings (SSSR count). The van der Waals surface area contributed by atoms with Crippen LogP contribution in [0.25, 0.3) is 0 Å². The molecular formula is C23H25N3. The molecule has 0 spiro atoms. The smallest absolute Gasteiger partial charge is 0.0995 e. The van der Waals surface area contributed by atoms with Gasteiger partial charge in [0.1, 0.15) is 0 Å². The first-order valence-corrected chi connectivity index (χ1v) is 9.27. The fraction of sp³-hybridized carbons (Fsp3) is 0.391. The highest BCUT2D eigenvalue weighted by molar-refractivity contribution is 5.56. The van der Waals surface area contributed by atoms with Crippen LogP contribution in [0.15, 0.2) is 36.4 Å². The molecule has 1 atom stereocenters. The highest BCUT2D eigenvalue weighted by Crippen LogP contribution is 2.40.